The second kappa shape index (κ2) is 9.26. The van der Waals surface area contributed by atoms with Crippen molar-refractivity contribution >= 4 is 28.4 Å². The lowest BCUT2D eigenvalue weighted by molar-refractivity contribution is 0.0950. The number of carbonyl (C=O) groups is 2. The lowest BCUT2D eigenvalue weighted by Crippen LogP contribution is -2.26. The number of fused-ring (bicyclic) bond motifs is 1. The predicted molar refractivity (Wildman–Crippen MR) is 120 cm³/mol. The molecule has 0 aliphatic heterocycles. The molecule has 0 fully saturated rings. The quantitative estimate of drug-likeness (QED) is 0.375. The molecule has 4 rings (SSSR count). The Kier molecular flexibility index (Phi) is 6.08. The molecule has 0 unspecified atom stereocenters. The van der Waals surface area contributed by atoms with Crippen LogP contribution in [0.3, 0.4) is 0 Å². The predicted octanol–water partition coefficient (Wildman–Crippen LogP) is 4.92. The summed E-state index contributed by atoms with van der Waals surface area (Å²) in [6.07, 6.45) is 1.62. The molecular weight excluding hydrogens is 393 g/mol. The normalized spacial score (nSPS) is 10.7. The Morgan fingerprint density at radius 2 is 1.58 bits per heavy atom. The molecule has 0 spiro atoms. The van der Waals surface area contributed by atoms with Crippen LogP contribution in [0.2, 0.25) is 0 Å². The van der Waals surface area contributed by atoms with Crippen LogP contribution in [0.5, 0.6) is 0 Å². The molecule has 4 aromatic rings. The molecule has 0 atom stereocenters. The van der Waals surface area contributed by atoms with Gasteiger partial charge in [0, 0.05) is 23.0 Å². The van der Waals surface area contributed by atoms with Crippen molar-refractivity contribution in [3.8, 4) is 0 Å². The molecule has 0 bridgehead atoms. The largest absolute Gasteiger partial charge is 0.351 e. The fourth-order valence-electron chi connectivity index (χ4n) is 3.47. The molecule has 5 nitrogen and oxygen atoms in total. The van der Waals surface area contributed by atoms with Gasteiger partial charge in [-0.3, -0.25) is 9.59 Å². The Morgan fingerprint density at radius 3 is 2.32 bits per heavy atom. The van der Waals surface area contributed by atoms with E-state index in [1.54, 1.807) is 30.3 Å². The van der Waals surface area contributed by atoms with Gasteiger partial charge in [0.25, 0.3) is 11.8 Å². The first-order valence-electron chi connectivity index (χ1n) is 10.1. The van der Waals surface area contributed by atoms with Gasteiger partial charge in [-0.2, -0.15) is 0 Å². The van der Waals surface area contributed by atoms with Gasteiger partial charge >= 0.3 is 0 Å². The summed E-state index contributed by atoms with van der Waals surface area (Å²) in [6.45, 7) is 0.476. The van der Waals surface area contributed by atoms with Crippen LogP contribution in [0, 0.1) is 5.82 Å². The second-order valence-electron chi connectivity index (χ2n) is 7.23. The molecule has 31 heavy (non-hydrogen) atoms. The van der Waals surface area contributed by atoms with Crippen molar-refractivity contribution in [1.29, 1.82) is 0 Å². The number of hydrogen-bond donors (Lipinski definition) is 3. The highest BCUT2D eigenvalue weighted by Crippen LogP contribution is 2.29. The number of carbonyl (C=O) groups excluding carboxylic acids is 2. The number of amides is 2. The van der Waals surface area contributed by atoms with Crippen molar-refractivity contribution in [3.63, 3.8) is 0 Å². The zero-order chi connectivity index (χ0) is 21.6. The van der Waals surface area contributed by atoms with Crippen molar-refractivity contribution in [1.82, 2.24) is 10.3 Å². The van der Waals surface area contributed by atoms with Crippen LogP contribution in [-0.4, -0.2) is 23.3 Å². The molecule has 6 heteroatoms. The average molecular weight is 415 g/mol. The number of aryl methyl sites for hydroxylation is 1. The fraction of sp³-hybridized carbons (Fsp3) is 0.120. The Balaban J connectivity index is 1.52. The van der Waals surface area contributed by atoms with Gasteiger partial charge in [-0.05, 0) is 48.7 Å². The second-order valence-corrected chi connectivity index (χ2v) is 7.23. The smallest absolute Gasteiger partial charge is 0.269 e. The maximum absolute atomic E-state index is 13.9. The zero-order valence-corrected chi connectivity index (χ0v) is 16.8. The highest BCUT2D eigenvalue weighted by atomic mass is 19.1. The van der Waals surface area contributed by atoms with E-state index >= 15 is 0 Å². The average Bonchev–Trinajstić information content (AvgIpc) is 3.15. The minimum absolute atomic E-state index is 0.199. The first-order chi connectivity index (χ1) is 15.1. The Bertz CT molecular complexity index is 1200. The molecule has 3 aromatic carbocycles. The highest BCUT2D eigenvalue weighted by molar-refractivity contribution is 6.15. The van der Waals surface area contributed by atoms with Crippen LogP contribution in [0.1, 0.15) is 32.8 Å². The Labute approximate surface area is 179 Å². The maximum Gasteiger partial charge on any atom is 0.269 e. The molecule has 0 aliphatic rings. The van der Waals surface area contributed by atoms with Crippen LogP contribution in [-0.2, 0) is 6.42 Å². The monoisotopic (exact) mass is 415 g/mol. The van der Waals surface area contributed by atoms with Crippen LogP contribution >= 0.6 is 0 Å². The van der Waals surface area contributed by atoms with E-state index in [1.165, 1.54) is 17.7 Å². The van der Waals surface area contributed by atoms with Crippen molar-refractivity contribution in [2.45, 2.75) is 12.8 Å². The number of halogens is 1. The number of anilines is 1. The number of rotatable bonds is 7. The zero-order valence-electron chi connectivity index (χ0n) is 16.8. The third-order valence-corrected chi connectivity index (χ3v) is 5.03. The number of H-pyrrole nitrogens is 1. The van der Waals surface area contributed by atoms with Gasteiger partial charge in [-0.25, -0.2) is 4.39 Å². The third-order valence-electron chi connectivity index (χ3n) is 5.03. The van der Waals surface area contributed by atoms with Gasteiger partial charge in [-0.1, -0.05) is 48.5 Å². The fourth-order valence-corrected chi connectivity index (χ4v) is 3.47. The SMILES string of the molecule is O=C(Nc1c(C(=O)NCCCc2ccccc2)[nH]c2ccc(F)cc12)c1ccccc1. The van der Waals surface area contributed by atoms with Gasteiger partial charge in [0.1, 0.15) is 11.5 Å². The highest BCUT2D eigenvalue weighted by Gasteiger charge is 2.20. The van der Waals surface area contributed by atoms with E-state index in [-0.39, 0.29) is 23.2 Å². The molecule has 0 aliphatic carbocycles. The first-order valence-corrected chi connectivity index (χ1v) is 10.1. The first kappa shape index (κ1) is 20.3. The van der Waals surface area contributed by atoms with Crippen molar-refractivity contribution in [2.24, 2.45) is 0 Å². The topological polar surface area (TPSA) is 74.0 Å². The molecule has 156 valence electrons. The Hall–Kier alpha value is -3.93. The maximum atomic E-state index is 13.9. The Morgan fingerprint density at radius 1 is 0.871 bits per heavy atom. The third kappa shape index (κ3) is 4.80. The minimum atomic E-state index is -0.448. The number of nitrogens with one attached hydrogen (secondary N) is 3. The van der Waals surface area contributed by atoms with Crippen molar-refractivity contribution in [2.75, 3.05) is 11.9 Å². The van der Waals surface area contributed by atoms with E-state index in [0.29, 0.717) is 23.0 Å². The van der Waals surface area contributed by atoms with Gasteiger partial charge < -0.3 is 15.6 Å². The summed E-state index contributed by atoms with van der Waals surface area (Å²) in [4.78, 5) is 28.6. The summed E-state index contributed by atoms with van der Waals surface area (Å²) in [5.41, 5.74) is 2.68. The minimum Gasteiger partial charge on any atom is -0.351 e. The number of aromatic nitrogens is 1. The van der Waals surface area contributed by atoms with Crippen molar-refractivity contribution in [3.05, 3.63) is 102 Å². The summed E-state index contributed by atoms with van der Waals surface area (Å²) in [5.74, 6) is -1.17. The van der Waals surface area contributed by atoms with E-state index < -0.39 is 5.82 Å². The molecule has 2 amide bonds. The molecule has 3 N–H and O–H groups in total. The summed E-state index contributed by atoms with van der Waals surface area (Å²) in [5, 5.41) is 6.10. The van der Waals surface area contributed by atoms with E-state index in [0.717, 1.165) is 12.8 Å². The number of aromatic amines is 1. The standard InChI is InChI=1S/C25H22FN3O2/c26-19-13-14-21-20(16-19)22(29-24(30)18-11-5-2-6-12-18)23(28-21)25(31)27-15-7-10-17-8-3-1-4-9-17/h1-6,8-9,11-14,16,28H,7,10,15H2,(H,27,31)(H,29,30). The lowest BCUT2D eigenvalue weighted by Gasteiger charge is -2.09. The van der Waals surface area contributed by atoms with Crippen LogP contribution < -0.4 is 10.6 Å². The van der Waals surface area contributed by atoms with Gasteiger partial charge in [0.15, 0.2) is 0 Å². The van der Waals surface area contributed by atoms with Crippen LogP contribution in [0.25, 0.3) is 10.9 Å². The molecule has 1 heterocycles. The molecule has 0 radical (unpaired) electrons. The summed E-state index contributed by atoms with van der Waals surface area (Å²) < 4.78 is 13.9. The van der Waals surface area contributed by atoms with E-state index in [9.17, 15) is 14.0 Å². The van der Waals surface area contributed by atoms with Gasteiger partial charge in [0.2, 0.25) is 0 Å². The molecular formula is C25H22FN3O2. The summed E-state index contributed by atoms with van der Waals surface area (Å²) in [6, 6.07) is 22.9. The summed E-state index contributed by atoms with van der Waals surface area (Å²) in [7, 11) is 0. The molecule has 0 saturated heterocycles. The number of hydrogen-bond acceptors (Lipinski definition) is 2. The van der Waals surface area contributed by atoms with E-state index in [1.807, 2.05) is 36.4 Å². The van der Waals surface area contributed by atoms with Gasteiger partial charge in [0.05, 0.1) is 5.69 Å². The van der Waals surface area contributed by atoms with Crippen LogP contribution in [0.15, 0.2) is 78.9 Å². The van der Waals surface area contributed by atoms with E-state index in [4.69, 9.17) is 0 Å². The number of benzene rings is 3. The van der Waals surface area contributed by atoms with Crippen LogP contribution in [0.4, 0.5) is 10.1 Å². The van der Waals surface area contributed by atoms with Gasteiger partial charge in [-0.15, -0.1) is 0 Å². The molecule has 1 aromatic heterocycles. The van der Waals surface area contributed by atoms with Crippen molar-refractivity contribution < 1.29 is 14.0 Å². The molecule has 0 saturated carbocycles. The van der Waals surface area contributed by atoms with E-state index in [2.05, 4.69) is 15.6 Å². The lowest BCUT2D eigenvalue weighted by atomic mass is 10.1. The summed E-state index contributed by atoms with van der Waals surface area (Å²) >= 11 is 0.